The third-order valence-corrected chi connectivity index (χ3v) is 6.12. The van der Waals surface area contributed by atoms with Gasteiger partial charge >= 0.3 is 0 Å². The quantitative estimate of drug-likeness (QED) is 0.342. The summed E-state index contributed by atoms with van der Waals surface area (Å²) >= 11 is 6.79. The van der Waals surface area contributed by atoms with E-state index >= 15 is 0 Å². The predicted octanol–water partition coefficient (Wildman–Crippen LogP) is 6.23. The average Bonchev–Trinajstić information content (AvgIpc) is 3.07. The summed E-state index contributed by atoms with van der Waals surface area (Å²) in [6, 6.07) is 25.7. The molecule has 1 fully saturated rings. The molecule has 150 valence electrons. The highest BCUT2D eigenvalue weighted by Crippen LogP contribution is 2.36. The van der Waals surface area contributed by atoms with Gasteiger partial charge in [0.1, 0.15) is 12.4 Å². The first-order valence-electron chi connectivity index (χ1n) is 9.78. The Labute approximate surface area is 186 Å². The number of carbonyl (C=O) groups excluding carboxylic acids is 1. The summed E-state index contributed by atoms with van der Waals surface area (Å²) in [5.74, 6) is 0.707. The van der Waals surface area contributed by atoms with E-state index < -0.39 is 0 Å². The zero-order valence-corrected chi connectivity index (χ0v) is 18.2. The van der Waals surface area contributed by atoms with Gasteiger partial charge in [-0.05, 0) is 53.5 Å². The topological polar surface area (TPSA) is 29.5 Å². The van der Waals surface area contributed by atoms with Crippen LogP contribution in [0.1, 0.15) is 23.6 Å². The highest BCUT2D eigenvalue weighted by atomic mass is 32.2. The number of nitrogens with zero attached hydrogens (tertiary/aromatic N) is 1. The number of hydrogen-bond donors (Lipinski definition) is 0. The highest BCUT2D eigenvalue weighted by molar-refractivity contribution is 8.27. The van der Waals surface area contributed by atoms with Crippen LogP contribution in [0.15, 0.2) is 83.8 Å². The molecule has 0 atom stereocenters. The zero-order valence-electron chi connectivity index (χ0n) is 16.6. The van der Waals surface area contributed by atoms with Crippen LogP contribution < -0.4 is 9.64 Å². The van der Waals surface area contributed by atoms with Gasteiger partial charge in [0.2, 0.25) is 0 Å². The largest absolute Gasteiger partial charge is 0.489 e. The third kappa shape index (κ3) is 4.64. The van der Waals surface area contributed by atoms with Gasteiger partial charge < -0.3 is 4.74 Å². The van der Waals surface area contributed by atoms with Gasteiger partial charge in [-0.15, -0.1) is 0 Å². The Bertz CT molecular complexity index is 1070. The Morgan fingerprint density at radius 3 is 2.30 bits per heavy atom. The van der Waals surface area contributed by atoms with Crippen molar-refractivity contribution in [1.82, 2.24) is 0 Å². The van der Waals surface area contributed by atoms with Crippen LogP contribution in [-0.2, 0) is 17.8 Å². The summed E-state index contributed by atoms with van der Waals surface area (Å²) in [5.41, 5.74) is 4.10. The fraction of sp³-hybridized carbons (Fsp3) is 0.120. The molecule has 0 radical (unpaired) electrons. The minimum Gasteiger partial charge on any atom is -0.489 e. The molecule has 4 rings (SSSR count). The Balaban J connectivity index is 1.45. The Hall–Kier alpha value is -2.89. The first-order valence-corrected chi connectivity index (χ1v) is 11.0. The standard InChI is InChI=1S/C25H21NO2S2/c1-2-18-8-12-21(13-9-18)26-24(27)23(30-25(26)29)16-19-10-14-22(15-11-19)28-17-20-6-4-3-5-7-20/h3-16H,2,17H2,1H3/b23-16-. The summed E-state index contributed by atoms with van der Waals surface area (Å²) in [4.78, 5) is 15.1. The lowest BCUT2D eigenvalue weighted by Gasteiger charge is -2.14. The number of hydrogen-bond acceptors (Lipinski definition) is 4. The smallest absolute Gasteiger partial charge is 0.270 e. The van der Waals surface area contributed by atoms with Gasteiger partial charge in [0.05, 0.1) is 10.6 Å². The van der Waals surface area contributed by atoms with Crippen LogP contribution in [0, 0.1) is 0 Å². The number of amides is 1. The molecule has 1 amide bonds. The molecule has 3 aromatic carbocycles. The van der Waals surface area contributed by atoms with Gasteiger partial charge in [-0.2, -0.15) is 0 Å². The van der Waals surface area contributed by atoms with Crippen LogP contribution in [0.4, 0.5) is 5.69 Å². The Morgan fingerprint density at radius 1 is 0.933 bits per heavy atom. The number of anilines is 1. The van der Waals surface area contributed by atoms with E-state index in [1.807, 2.05) is 84.9 Å². The molecule has 0 unspecified atom stereocenters. The summed E-state index contributed by atoms with van der Waals surface area (Å²) in [7, 11) is 0. The summed E-state index contributed by atoms with van der Waals surface area (Å²) in [5, 5.41) is 0. The van der Waals surface area contributed by atoms with Gasteiger partial charge in [0, 0.05) is 0 Å². The van der Waals surface area contributed by atoms with Crippen molar-refractivity contribution in [2.24, 2.45) is 0 Å². The van der Waals surface area contributed by atoms with Crippen molar-refractivity contribution in [1.29, 1.82) is 0 Å². The molecule has 1 heterocycles. The lowest BCUT2D eigenvalue weighted by molar-refractivity contribution is -0.113. The van der Waals surface area contributed by atoms with Gasteiger partial charge in [-0.25, -0.2) is 0 Å². The minimum absolute atomic E-state index is 0.0846. The predicted molar refractivity (Wildman–Crippen MR) is 129 cm³/mol. The molecule has 0 saturated carbocycles. The van der Waals surface area contributed by atoms with E-state index in [2.05, 4.69) is 6.92 Å². The minimum atomic E-state index is -0.0846. The van der Waals surface area contributed by atoms with Crippen LogP contribution in [0.5, 0.6) is 5.75 Å². The second-order valence-electron chi connectivity index (χ2n) is 6.88. The second-order valence-corrected chi connectivity index (χ2v) is 8.56. The fourth-order valence-electron chi connectivity index (χ4n) is 3.12. The molecular formula is C25H21NO2S2. The molecule has 1 aliphatic heterocycles. The van der Waals surface area contributed by atoms with Crippen molar-refractivity contribution >= 4 is 46.0 Å². The number of thioether (sulfide) groups is 1. The van der Waals surface area contributed by atoms with Crippen LogP contribution in [-0.4, -0.2) is 10.2 Å². The zero-order chi connectivity index (χ0) is 20.9. The average molecular weight is 432 g/mol. The van der Waals surface area contributed by atoms with E-state index in [1.165, 1.54) is 17.3 Å². The molecule has 3 nitrogen and oxygen atoms in total. The first kappa shape index (κ1) is 20.4. The molecular weight excluding hydrogens is 410 g/mol. The van der Waals surface area contributed by atoms with Gasteiger partial charge in [-0.1, -0.05) is 85.5 Å². The van der Waals surface area contributed by atoms with E-state index in [-0.39, 0.29) is 5.91 Å². The maximum Gasteiger partial charge on any atom is 0.270 e. The maximum atomic E-state index is 12.9. The van der Waals surface area contributed by atoms with Crippen molar-refractivity contribution in [3.63, 3.8) is 0 Å². The second kappa shape index (κ2) is 9.28. The molecule has 30 heavy (non-hydrogen) atoms. The summed E-state index contributed by atoms with van der Waals surface area (Å²) in [6.45, 7) is 2.63. The molecule has 0 aromatic heterocycles. The fourth-order valence-corrected chi connectivity index (χ4v) is 4.42. The molecule has 5 heteroatoms. The summed E-state index contributed by atoms with van der Waals surface area (Å²) < 4.78 is 6.38. The van der Waals surface area contributed by atoms with Gasteiger partial charge in [0.25, 0.3) is 5.91 Å². The monoisotopic (exact) mass is 431 g/mol. The van der Waals surface area contributed by atoms with Crippen molar-refractivity contribution in [3.8, 4) is 5.75 Å². The Kier molecular flexibility index (Phi) is 6.31. The van der Waals surface area contributed by atoms with E-state index in [9.17, 15) is 4.79 Å². The molecule has 0 bridgehead atoms. The van der Waals surface area contributed by atoms with Gasteiger partial charge in [0.15, 0.2) is 4.32 Å². The van der Waals surface area contributed by atoms with E-state index in [0.29, 0.717) is 15.8 Å². The Morgan fingerprint density at radius 2 is 1.63 bits per heavy atom. The normalized spacial score (nSPS) is 15.1. The van der Waals surface area contributed by atoms with E-state index in [0.717, 1.165) is 29.0 Å². The van der Waals surface area contributed by atoms with Crippen LogP contribution in [0.2, 0.25) is 0 Å². The van der Waals surface area contributed by atoms with Crippen LogP contribution >= 0.6 is 24.0 Å². The maximum absolute atomic E-state index is 12.9. The molecule has 0 aliphatic carbocycles. The SMILES string of the molecule is CCc1ccc(N2C(=O)/C(=C/c3ccc(OCc4ccccc4)cc3)SC2=S)cc1. The van der Waals surface area contributed by atoms with E-state index in [4.69, 9.17) is 17.0 Å². The lowest BCUT2D eigenvalue weighted by Crippen LogP contribution is -2.27. The van der Waals surface area contributed by atoms with Crippen molar-refractivity contribution in [2.45, 2.75) is 20.0 Å². The molecule has 1 saturated heterocycles. The number of thiocarbonyl (C=S) groups is 1. The lowest BCUT2D eigenvalue weighted by atomic mass is 10.1. The highest BCUT2D eigenvalue weighted by Gasteiger charge is 2.33. The molecule has 1 aliphatic rings. The van der Waals surface area contributed by atoms with E-state index in [1.54, 1.807) is 4.90 Å². The molecule has 0 N–H and O–H groups in total. The third-order valence-electron chi connectivity index (χ3n) is 4.82. The number of carbonyl (C=O) groups is 1. The number of aryl methyl sites for hydroxylation is 1. The van der Waals surface area contributed by atoms with Crippen molar-refractivity contribution in [3.05, 3.63) is 100 Å². The van der Waals surface area contributed by atoms with Crippen LogP contribution in [0.25, 0.3) is 6.08 Å². The molecule has 3 aromatic rings. The summed E-state index contributed by atoms with van der Waals surface area (Å²) in [6.07, 6.45) is 2.84. The number of rotatable bonds is 6. The number of benzene rings is 3. The number of ether oxygens (including phenoxy) is 1. The van der Waals surface area contributed by atoms with Crippen molar-refractivity contribution in [2.75, 3.05) is 4.90 Å². The van der Waals surface area contributed by atoms with Crippen molar-refractivity contribution < 1.29 is 9.53 Å². The molecule has 0 spiro atoms. The van der Waals surface area contributed by atoms with Gasteiger partial charge in [-0.3, -0.25) is 9.69 Å². The first-order chi connectivity index (χ1) is 14.6. The van der Waals surface area contributed by atoms with Crippen LogP contribution in [0.3, 0.4) is 0 Å².